The lowest BCUT2D eigenvalue weighted by atomic mass is 9.82. The predicted molar refractivity (Wildman–Crippen MR) is 90.7 cm³/mol. The average Bonchev–Trinajstić information content (AvgIpc) is 2.70. The molecule has 0 unspecified atom stereocenters. The maximum atomic E-state index is 12.2. The molecule has 3 rings (SSSR count). The minimum absolute atomic E-state index is 0.352. The molecule has 5 nitrogen and oxygen atoms in total. The van der Waals surface area contributed by atoms with Crippen molar-refractivity contribution in [1.29, 1.82) is 0 Å². The summed E-state index contributed by atoms with van der Waals surface area (Å²) in [7, 11) is -3.63. The molecule has 0 bridgehead atoms. The smallest absolute Gasteiger partial charge is 0.244 e. The van der Waals surface area contributed by atoms with Gasteiger partial charge in [-0.1, -0.05) is 35.3 Å². The molecular weight excluding hydrogens is 357 g/mol. The molecule has 23 heavy (non-hydrogen) atoms. The molecule has 0 aliphatic carbocycles. The third-order valence-electron chi connectivity index (χ3n) is 4.07. The van der Waals surface area contributed by atoms with Crippen LogP contribution in [0.2, 0.25) is 10.2 Å². The third kappa shape index (κ3) is 3.09. The van der Waals surface area contributed by atoms with Crippen molar-refractivity contribution in [2.75, 3.05) is 0 Å². The van der Waals surface area contributed by atoms with E-state index >= 15 is 0 Å². The molecule has 2 atom stereocenters. The molecule has 2 N–H and O–H groups in total. The number of aromatic nitrogens is 1. The highest BCUT2D eigenvalue weighted by atomic mass is 35.5. The first-order valence-electron chi connectivity index (χ1n) is 6.90. The molecular formula is C15H15Cl2N3O2S. The Morgan fingerprint density at radius 1 is 1.22 bits per heavy atom. The largest absolute Gasteiger partial charge is 0.278 e. The molecule has 0 spiro atoms. The van der Waals surface area contributed by atoms with E-state index in [1.165, 1.54) is 0 Å². The lowest BCUT2D eigenvalue weighted by Gasteiger charge is -2.30. The van der Waals surface area contributed by atoms with Crippen LogP contribution >= 0.6 is 23.2 Å². The van der Waals surface area contributed by atoms with Gasteiger partial charge >= 0.3 is 0 Å². The van der Waals surface area contributed by atoms with Crippen molar-refractivity contribution in [2.24, 2.45) is 0 Å². The van der Waals surface area contributed by atoms with Gasteiger partial charge in [0, 0.05) is 11.2 Å². The molecule has 1 fully saturated rings. The van der Waals surface area contributed by atoms with Gasteiger partial charge in [0.15, 0.2) is 0 Å². The van der Waals surface area contributed by atoms with Crippen molar-refractivity contribution in [3.05, 3.63) is 63.4 Å². The van der Waals surface area contributed by atoms with Gasteiger partial charge in [0.2, 0.25) is 0 Å². The molecule has 8 heteroatoms. The first kappa shape index (κ1) is 16.7. The number of benzene rings is 1. The first-order chi connectivity index (χ1) is 10.7. The quantitative estimate of drug-likeness (QED) is 0.796. The van der Waals surface area contributed by atoms with Gasteiger partial charge in [-0.2, -0.15) is 17.9 Å². The molecule has 122 valence electrons. The van der Waals surface area contributed by atoms with Crippen LogP contribution < -0.4 is 9.44 Å². The van der Waals surface area contributed by atoms with Crippen molar-refractivity contribution >= 4 is 33.4 Å². The van der Waals surface area contributed by atoms with Crippen LogP contribution in [0.5, 0.6) is 0 Å². The van der Waals surface area contributed by atoms with Crippen LogP contribution in [0, 0.1) is 6.92 Å². The average molecular weight is 372 g/mol. The zero-order valence-corrected chi connectivity index (χ0v) is 14.8. The number of hydrogen-bond donors (Lipinski definition) is 2. The Balaban J connectivity index is 2.14. The number of halogens is 2. The van der Waals surface area contributed by atoms with Gasteiger partial charge in [-0.05, 0) is 48.7 Å². The minimum atomic E-state index is -3.63. The SMILES string of the molecule is Cc1cc(Cl)ccc1[C@@H]1NS(=O)(=O)N[C@]1(C)c1ccc(Cl)nc1. The topological polar surface area (TPSA) is 71.1 Å². The molecule has 1 saturated heterocycles. The van der Waals surface area contributed by atoms with Gasteiger partial charge in [-0.15, -0.1) is 0 Å². The van der Waals surface area contributed by atoms with Crippen LogP contribution in [0.1, 0.15) is 29.7 Å². The second kappa shape index (κ2) is 5.72. The lowest BCUT2D eigenvalue weighted by Crippen LogP contribution is -2.39. The highest BCUT2D eigenvalue weighted by molar-refractivity contribution is 7.87. The van der Waals surface area contributed by atoms with Crippen molar-refractivity contribution < 1.29 is 8.42 Å². The highest BCUT2D eigenvalue weighted by Gasteiger charge is 2.48. The fraction of sp³-hybridized carbons (Fsp3) is 0.267. The van der Waals surface area contributed by atoms with Crippen LogP contribution in [-0.4, -0.2) is 13.4 Å². The molecule has 0 amide bonds. The summed E-state index contributed by atoms with van der Waals surface area (Å²) in [6, 6.07) is 8.30. The first-order valence-corrected chi connectivity index (χ1v) is 9.14. The number of nitrogens with zero attached hydrogens (tertiary/aromatic N) is 1. The van der Waals surface area contributed by atoms with Gasteiger partial charge in [-0.25, -0.2) is 4.98 Å². The molecule has 0 radical (unpaired) electrons. The van der Waals surface area contributed by atoms with E-state index < -0.39 is 21.8 Å². The summed E-state index contributed by atoms with van der Waals surface area (Å²) in [4.78, 5) is 4.06. The summed E-state index contributed by atoms with van der Waals surface area (Å²) in [6.45, 7) is 3.71. The highest BCUT2D eigenvalue weighted by Crippen LogP contribution is 2.41. The fourth-order valence-corrected chi connectivity index (χ4v) is 4.75. The van der Waals surface area contributed by atoms with E-state index in [4.69, 9.17) is 23.2 Å². The van der Waals surface area contributed by atoms with Gasteiger partial charge < -0.3 is 0 Å². The summed E-state index contributed by atoms with van der Waals surface area (Å²) in [6.07, 6.45) is 1.58. The number of rotatable bonds is 2. The summed E-state index contributed by atoms with van der Waals surface area (Å²) < 4.78 is 29.7. The van der Waals surface area contributed by atoms with Gasteiger partial charge in [0.1, 0.15) is 5.15 Å². The Labute approximate surface area is 145 Å². The zero-order valence-electron chi connectivity index (χ0n) is 12.5. The molecule has 2 heterocycles. The maximum Gasteiger partial charge on any atom is 0.278 e. The maximum absolute atomic E-state index is 12.2. The second-order valence-electron chi connectivity index (χ2n) is 5.73. The molecule has 1 aliphatic rings. The van der Waals surface area contributed by atoms with Gasteiger partial charge in [-0.3, -0.25) is 0 Å². The van der Waals surface area contributed by atoms with Crippen molar-refractivity contribution in [3.63, 3.8) is 0 Å². The number of hydrogen-bond acceptors (Lipinski definition) is 3. The standard InChI is InChI=1S/C15H15Cl2N3O2S/c1-9-7-11(16)4-5-12(9)14-15(2,20-23(21,22)19-14)10-3-6-13(17)18-8-10/h3-8,14,19-20H,1-2H3/t14-,15+/m0/s1. The third-order valence-corrected chi connectivity index (χ3v) is 5.76. The van der Waals surface area contributed by atoms with Crippen LogP contribution in [0.4, 0.5) is 0 Å². The van der Waals surface area contributed by atoms with E-state index in [-0.39, 0.29) is 0 Å². The van der Waals surface area contributed by atoms with Crippen molar-refractivity contribution in [1.82, 2.24) is 14.4 Å². The summed E-state index contributed by atoms with van der Waals surface area (Å²) in [5.74, 6) is 0. The normalized spacial score (nSPS) is 26.3. The minimum Gasteiger partial charge on any atom is -0.244 e. The zero-order chi connectivity index (χ0) is 16.8. The van der Waals surface area contributed by atoms with E-state index in [2.05, 4.69) is 14.4 Å². The van der Waals surface area contributed by atoms with Gasteiger partial charge in [0.25, 0.3) is 10.2 Å². The van der Waals surface area contributed by atoms with E-state index in [0.29, 0.717) is 10.2 Å². The molecule has 2 aromatic rings. The fourth-order valence-electron chi connectivity index (χ4n) is 2.89. The Kier molecular flexibility index (Phi) is 4.14. The molecule has 1 aromatic heterocycles. The van der Waals surface area contributed by atoms with E-state index in [1.807, 2.05) is 26.0 Å². The monoisotopic (exact) mass is 371 g/mol. The van der Waals surface area contributed by atoms with Crippen LogP contribution in [0.3, 0.4) is 0 Å². The molecule has 1 aliphatic heterocycles. The summed E-state index contributed by atoms with van der Waals surface area (Å²) >= 11 is 11.8. The van der Waals surface area contributed by atoms with Crippen LogP contribution in [0.25, 0.3) is 0 Å². The Bertz CT molecular complexity index is 856. The number of nitrogens with one attached hydrogen (secondary N) is 2. The Hall–Kier alpha value is -1.18. The summed E-state index contributed by atoms with van der Waals surface area (Å²) in [5, 5.41) is 0.959. The second-order valence-corrected chi connectivity index (χ2v) is 8.00. The Morgan fingerprint density at radius 3 is 2.57 bits per heavy atom. The van der Waals surface area contributed by atoms with Crippen LogP contribution in [0.15, 0.2) is 36.5 Å². The van der Waals surface area contributed by atoms with Crippen molar-refractivity contribution in [2.45, 2.75) is 25.4 Å². The van der Waals surface area contributed by atoms with E-state index in [1.54, 1.807) is 24.4 Å². The Morgan fingerprint density at radius 2 is 1.96 bits per heavy atom. The molecule has 1 aromatic carbocycles. The predicted octanol–water partition coefficient (Wildman–Crippen LogP) is 3.09. The summed E-state index contributed by atoms with van der Waals surface area (Å²) in [5.41, 5.74) is 1.58. The van der Waals surface area contributed by atoms with E-state index in [0.717, 1.165) is 16.7 Å². The lowest BCUT2D eigenvalue weighted by molar-refractivity contribution is 0.376. The van der Waals surface area contributed by atoms with Gasteiger partial charge in [0.05, 0.1) is 11.6 Å². The number of pyridine rings is 1. The molecule has 0 saturated carbocycles. The van der Waals surface area contributed by atoms with Crippen molar-refractivity contribution in [3.8, 4) is 0 Å². The number of aryl methyl sites for hydroxylation is 1. The van der Waals surface area contributed by atoms with Crippen LogP contribution in [-0.2, 0) is 15.7 Å². The van der Waals surface area contributed by atoms with E-state index in [9.17, 15) is 8.42 Å².